The summed E-state index contributed by atoms with van der Waals surface area (Å²) >= 11 is 0. The quantitative estimate of drug-likeness (QED) is 0.412. The molecule has 1 aromatic carbocycles. The summed E-state index contributed by atoms with van der Waals surface area (Å²) in [4.78, 5) is 0. The molecular formula is C12H17NO. The minimum absolute atomic E-state index is 0.0720. The van der Waals surface area contributed by atoms with Crippen LogP contribution in [0.25, 0.3) is 0 Å². The van der Waals surface area contributed by atoms with Gasteiger partial charge in [0.1, 0.15) is 0 Å². The SMILES string of the molecule is CC(=NO)c1ccccc1C(C)(C)C. The summed E-state index contributed by atoms with van der Waals surface area (Å²) in [6, 6.07) is 8.02. The summed E-state index contributed by atoms with van der Waals surface area (Å²) in [6.07, 6.45) is 0. The van der Waals surface area contributed by atoms with Gasteiger partial charge < -0.3 is 5.21 Å². The van der Waals surface area contributed by atoms with Crippen molar-refractivity contribution in [2.24, 2.45) is 5.16 Å². The Labute approximate surface area is 85.3 Å². The van der Waals surface area contributed by atoms with Crippen molar-refractivity contribution in [3.63, 3.8) is 0 Å². The van der Waals surface area contributed by atoms with Crippen molar-refractivity contribution in [3.05, 3.63) is 35.4 Å². The van der Waals surface area contributed by atoms with E-state index < -0.39 is 0 Å². The Morgan fingerprint density at radius 3 is 2.29 bits per heavy atom. The Morgan fingerprint density at radius 2 is 1.79 bits per heavy atom. The molecule has 14 heavy (non-hydrogen) atoms. The van der Waals surface area contributed by atoms with Crippen LogP contribution in [0, 0.1) is 0 Å². The number of benzene rings is 1. The van der Waals surface area contributed by atoms with E-state index >= 15 is 0 Å². The van der Waals surface area contributed by atoms with Crippen molar-refractivity contribution in [2.75, 3.05) is 0 Å². The molecule has 0 aliphatic rings. The van der Waals surface area contributed by atoms with Crippen molar-refractivity contribution < 1.29 is 5.21 Å². The summed E-state index contributed by atoms with van der Waals surface area (Å²) < 4.78 is 0. The number of nitrogens with zero attached hydrogens (tertiary/aromatic N) is 1. The van der Waals surface area contributed by atoms with Gasteiger partial charge in [-0.3, -0.25) is 0 Å². The second-order valence-electron chi connectivity index (χ2n) is 4.48. The minimum Gasteiger partial charge on any atom is -0.411 e. The van der Waals surface area contributed by atoms with E-state index in [1.54, 1.807) is 0 Å². The van der Waals surface area contributed by atoms with Gasteiger partial charge in [0.15, 0.2) is 0 Å². The summed E-state index contributed by atoms with van der Waals surface area (Å²) in [5, 5.41) is 12.0. The molecule has 1 aromatic rings. The molecule has 0 fully saturated rings. The molecule has 0 unspecified atom stereocenters. The number of hydrogen-bond acceptors (Lipinski definition) is 2. The van der Waals surface area contributed by atoms with E-state index in [0.717, 1.165) is 5.56 Å². The monoisotopic (exact) mass is 191 g/mol. The second kappa shape index (κ2) is 3.82. The van der Waals surface area contributed by atoms with Gasteiger partial charge >= 0.3 is 0 Å². The van der Waals surface area contributed by atoms with Gasteiger partial charge in [0, 0.05) is 5.56 Å². The molecule has 2 heteroatoms. The molecule has 0 aliphatic carbocycles. The van der Waals surface area contributed by atoms with Crippen molar-refractivity contribution in [2.45, 2.75) is 33.1 Å². The van der Waals surface area contributed by atoms with Gasteiger partial charge in [0.2, 0.25) is 0 Å². The van der Waals surface area contributed by atoms with Crippen molar-refractivity contribution in [3.8, 4) is 0 Å². The first-order chi connectivity index (χ1) is 6.46. The van der Waals surface area contributed by atoms with Gasteiger partial charge in [-0.15, -0.1) is 0 Å². The van der Waals surface area contributed by atoms with E-state index in [1.807, 2.05) is 25.1 Å². The molecule has 0 saturated carbocycles. The van der Waals surface area contributed by atoms with Crippen LogP contribution in [0.4, 0.5) is 0 Å². The molecule has 0 atom stereocenters. The van der Waals surface area contributed by atoms with Crippen LogP contribution >= 0.6 is 0 Å². The van der Waals surface area contributed by atoms with Crippen LogP contribution in [0.5, 0.6) is 0 Å². The molecule has 0 aromatic heterocycles. The van der Waals surface area contributed by atoms with Crippen LogP contribution < -0.4 is 0 Å². The second-order valence-corrected chi connectivity index (χ2v) is 4.48. The molecule has 76 valence electrons. The van der Waals surface area contributed by atoms with Gasteiger partial charge in [-0.05, 0) is 17.9 Å². The summed E-state index contributed by atoms with van der Waals surface area (Å²) in [5.74, 6) is 0. The fraction of sp³-hybridized carbons (Fsp3) is 0.417. The van der Waals surface area contributed by atoms with Crippen LogP contribution in [0.3, 0.4) is 0 Å². The van der Waals surface area contributed by atoms with Crippen LogP contribution in [-0.4, -0.2) is 10.9 Å². The van der Waals surface area contributed by atoms with E-state index in [-0.39, 0.29) is 5.41 Å². The Morgan fingerprint density at radius 1 is 1.21 bits per heavy atom. The fourth-order valence-electron chi connectivity index (χ4n) is 1.51. The first kappa shape index (κ1) is 10.8. The van der Waals surface area contributed by atoms with E-state index in [4.69, 9.17) is 5.21 Å². The maximum atomic E-state index is 8.77. The van der Waals surface area contributed by atoms with Gasteiger partial charge in [-0.2, -0.15) is 0 Å². The molecule has 0 saturated heterocycles. The minimum atomic E-state index is 0.0720. The summed E-state index contributed by atoms with van der Waals surface area (Å²) in [5.41, 5.74) is 2.95. The van der Waals surface area contributed by atoms with Crippen molar-refractivity contribution >= 4 is 5.71 Å². The Hall–Kier alpha value is -1.31. The zero-order valence-electron chi connectivity index (χ0n) is 9.20. The number of oxime groups is 1. The van der Waals surface area contributed by atoms with E-state index in [1.165, 1.54) is 5.56 Å². The Bertz CT molecular complexity index is 348. The third-order valence-corrected chi connectivity index (χ3v) is 2.27. The highest BCUT2D eigenvalue weighted by Crippen LogP contribution is 2.25. The molecule has 2 nitrogen and oxygen atoms in total. The van der Waals surface area contributed by atoms with Crippen LogP contribution in [0.2, 0.25) is 0 Å². The maximum Gasteiger partial charge on any atom is 0.0839 e. The largest absolute Gasteiger partial charge is 0.411 e. The smallest absolute Gasteiger partial charge is 0.0839 e. The van der Waals surface area contributed by atoms with Gasteiger partial charge in [-0.25, -0.2) is 0 Å². The van der Waals surface area contributed by atoms with Crippen molar-refractivity contribution in [1.82, 2.24) is 0 Å². The zero-order valence-corrected chi connectivity index (χ0v) is 9.20. The first-order valence-corrected chi connectivity index (χ1v) is 4.75. The third-order valence-electron chi connectivity index (χ3n) is 2.27. The average molecular weight is 191 g/mol. The topological polar surface area (TPSA) is 32.6 Å². The molecule has 0 aliphatic heterocycles. The fourth-order valence-corrected chi connectivity index (χ4v) is 1.51. The lowest BCUT2D eigenvalue weighted by Gasteiger charge is -2.22. The number of rotatable bonds is 1. The van der Waals surface area contributed by atoms with Crippen molar-refractivity contribution in [1.29, 1.82) is 0 Å². The zero-order chi connectivity index (χ0) is 10.8. The molecule has 1 rings (SSSR count). The number of hydrogen-bond donors (Lipinski definition) is 1. The highest BCUT2D eigenvalue weighted by atomic mass is 16.4. The van der Waals surface area contributed by atoms with Gasteiger partial charge in [-0.1, -0.05) is 50.2 Å². The Balaban J connectivity index is 3.31. The van der Waals surface area contributed by atoms with Crippen LogP contribution in [-0.2, 0) is 5.41 Å². The highest BCUT2D eigenvalue weighted by Gasteiger charge is 2.18. The normalized spacial score (nSPS) is 13.0. The molecule has 0 amide bonds. The molecule has 0 heterocycles. The van der Waals surface area contributed by atoms with E-state index in [2.05, 4.69) is 32.0 Å². The lowest BCUT2D eigenvalue weighted by Crippen LogP contribution is -2.16. The predicted octanol–water partition coefficient (Wildman–Crippen LogP) is 3.18. The third kappa shape index (κ3) is 2.13. The molecule has 0 spiro atoms. The lowest BCUT2D eigenvalue weighted by molar-refractivity contribution is 0.319. The molecular weight excluding hydrogens is 174 g/mol. The molecule has 0 bridgehead atoms. The summed E-state index contributed by atoms with van der Waals surface area (Å²) in [7, 11) is 0. The van der Waals surface area contributed by atoms with Gasteiger partial charge in [0.25, 0.3) is 0 Å². The van der Waals surface area contributed by atoms with Gasteiger partial charge in [0.05, 0.1) is 5.71 Å². The lowest BCUT2D eigenvalue weighted by atomic mass is 9.83. The van der Waals surface area contributed by atoms with E-state index in [0.29, 0.717) is 5.71 Å². The van der Waals surface area contributed by atoms with Crippen LogP contribution in [0.15, 0.2) is 29.4 Å². The average Bonchev–Trinajstić information content (AvgIpc) is 2.15. The molecule has 1 N–H and O–H groups in total. The van der Waals surface area contributed by atoms with Crippen LogP contribution in [0.1, 0.15) is 38.8 Å². The Kier molecular flexibility index (Phi) is 2.94. The van der Waals surface area contributed by atoms with E-state index in [9.17, 15) is 0 Å². The maximum absolute atomic E-state index is 8.77. The predicted molar refractivity (Wildman–Crippen MR) is 59.1 cm³/mol. The standard InChI is InChI=1S/C12H17NO/c1-9(13-14)10-7-5-6-8-11(10)12(2,3)4/h5-8,14H,1-4H3. The summed E-state index contributed by atoms with van der Waals surface area (Å²) in [6.45, 7) is 8.26. The molecule has 0 radical (unpaired) electrons. The first-order valence-electron chi connectivity index (χ1n) is 4.75. The highest BCUT2D eigenvalue weighted by molar-refractivity contribution is 5.99.